The SMILES string of the molecule is Cc1cccc(Nc2nc(Cl)c3ccsc3n2)c1C. The second-order valence-electron chi connectivity index (χ2n) is 4.35. The molecule has 0 atom stereocenters. The molecule has 3 nitrogen and oxygen atoms in total. The topological polar surface area (TPSA) is 37.8 Å². The molecule has 3 rings (SSSR count). The molecule has 0 saturated carbocycles. The van der Waals surface area contributed by atoms with E-state index in [4.69, 9.17) is 11.6 Å². The third kappa shape index (κ3) is 2.29. The Balaban J connectivity index is 2.03. The number of nitrogens with one attached hydrogen (secondary N) is 1. The zero-order chi connectivity index (χ0) is 13.4. The molecule has 2 aromatic heterocycles. The van der Waals surface area contributed by atoms with Crippen molar-refractivity contribution in [3.8, 4) is 0 Å². The average Bonchev–Trinajstić information content (AvgIpc) is 2.84. The number of halogens is 1. The lowest BCUT2D eigenvalue weighted by molar-refractivity contribution is 1.21. The van der Waals surface area contributed by atoms with E-state index >= 15 is 0 Å². The van der Waals surface area contributed by atoms with E-state index in [-0.39, 0.29) is 0 Å². The van der Waals surface area contributed by atoms with Gasteiger partial charge in [0.25, 0.3) is 0 Å². The van der Waals surface area contributed by atoms with Crippen LogP contribution in [0.1, 0.15) is 11.1 Å². The predicted molar refractivity (Wildman–Crippen MR) is 81.6 cm³/mol. The molecular formula is C14H12ClN3S. The molecule has 0 bridgehead atoms. The monoisotopic (exact) mass is 289 g/mol. The summed E-state index contributed by atoms with van der Waals surface area (Å²) in [7, 11) is 0. The molecule has 0 saturated heterocycles. The van der Waals surface area contributed by atoms with Gasteiger partial charge in [0.05, 0.1) is 0 Å². The summed E-state index contributed by atoms with van der Waals surface area (Å²) in [5, 5.41) is 6.59. The van der Waals surface area contributed by atoms with Gasteiger partial charge in [-0.15, -0.1) is 11.3 Å². The summed E-state index contributed by atoms with van der Waals surface area (Å²) in [6, 6.07) is 8.04. The fourth-order valence-electron chi connectivity index (χ4n) is 1.88. The van der Waals surface area contributed by atoms with Crippen LogP contribution in [0.3, 0.4) is 0 Å². The number of benzene rings is 1. The molecule has 0 aliphatic rings. The average molecular weight is 290 g/mol. The van der Waals surface area contributed by atoms with Crippen molar-refractivity contribution in [3.05, 3.63) is 45.9 Å². The Bertz CT molecular complexity index is 752. The van der Waals surface area contributed by atoms with Gasteiger partial charge in [0.1, 0.15) is 9.98 Å². The number of aryl methyl sites for hydroxylation is 1. The Morgan fingerprint density at radius 2 is 2.00 bits per heavy atom. The van der Waals surface area contributed by atoms with Crippen LogP contribution in [0, 0.1) is 13.8 Å². The number of aromatic nitrogens is 2. The lowest BCUT2D eigenvalue weighted by Crippen LogP contribution is -1.99. The maximum atomic E-state index is 6.16. The van der Waals surface area contributed by atoms with Gasteiger partial charge in [-0.1, -0.05) is 23.7 Å². The Kier molecular flexibility index (Phi) is 3.12. The highest BCUT2D eigenvalue weighted by molar-refractivity contribution is 7.16. The van der Waals surface area contributed by atoms with Gasteiger partial charge in [-0.3, -0.25) is 0 Å². The minimum Gasteiger partial charge on any atom is -0.324 e. The molecule has 0 unspecified atom stereocenters. The summed E-state index contributed by atoms with van der Waals surface area (Å²) in [5.74, 6) is 0.536. The van der Waals surface area contributed by atoms with Crippen molar-refractivity contribution in [1.82, 2.24) is 9.97 Å². The summed E-state index contributed by atoms with van der Waals surface area (Å²) in [6.07, 6.45) is 0. The molecule has 1 N–H and O–H groups in total. The molecule has 19 heavy (non-hydrogen) atoms. The van der Waals surface area contributed by atoms with Gasteiger partial charge >= 0.3 is 0 Å². The maximum absolute atomic E-state index is 6.16. The fourth-order valence-corrected chi connectivity index (χ4v) is 2.93. The van der Waals surface area contributed by atoms with Crippen molar-refractivity contribution in [2.75, 3.05) is 5.32 Å². The fraction of sp³-hybridized carbons (Fsp3) is 0.143. The second-order valence-corrected chi connectivity index (χ2v) is 5.60. The normalized spacial score (nSPS) is 10.9. The number of rotatable bonds is 2. The first-order valence-electron chi connectivity index (χ1n) is 5.89. The number of nitrogens with zero attached hydrogens (tertiary/aromatic N) is 2. The predicted octanol–water partition coefficient (Wildman–Crippen LogP) is 4.71. The van der Waals surface area contributed by atoms with Gasteiger partial charge in [-0.05, 0) is 42.5 Å². The number of fused-ring (bicyclic) bond motifs is 1. The van der Waals surface area contributed by atoms with Crippen LogP contribution in [0.25, 0.3) is 10.2 Å². The van der Waals surface area contributed by atoms with Crippen LogP contribution < -0.4 is 5.32 Å². The van der Waals surface area contributed by atoms with Gasteiger partial charge in [0.15, 0.2) is 0 Å². The molecule has 0 amide bonds. The van der Waals surface area contributed by atoms with E-state index in [1.54, 1.807) is 11.3 Å². The highest BCUT2D eigenvalue weighted by Gasteiger charge is 2.08. The Morgan fingerprint density at radius 3 is 2.84 bits per heavy atom. The highest BCUT2D eigenvalue weighted by Crippen LogP contribution is 2.28. The van der Waals surface area contributed by atoms with Crippen LogP contribution in [0.5, 0.6) is 0 Å². The summed E-state index contributed by atoms with van der Waals surface area (Å²) in [6.45, 7) is 4.15. The number of anilines is 2. The van der Waals surface area contributed by atoms with Crippen molar-refractivity contribution in [3.63, 3.8) is 0 Å². The van der Waals surface area contributed by atoms with E-state index in [2.05, 4.69) is 35.2 Å². The van der Waals surface area contributed by atoms with Crippen LogP contribution in [-0.4, -0.2) is 9.97 Å². The molecular weight excluding hydrogens is 278 g/mol. The molecule has 0 spiro atoms. The zero-order valence-corrected chi connectivity index (χ0v) is 12.1. The van der Waals surface area contributed by atoms with Crippen molar-refractivity contribution < 1.29 is 0 Å². The first kappa shape index (κ1) is 12.4. The lowest BCUT2D eigenvalue weighted by atomic mass is 10.1. The summed E-state index contributed by atoms with van der Waals surface area (Å²) >= 11 is 7.71. The second kappa shape index (κ2) is 4.79. The highest BCUT2D eigenvalue weighted by atomic mass is 35.5. The minimum absolute atomic E-state index is 0.485. The summed E-state index contributed by atoms with van der Waals surface area (Å²) in [5.41, 5.74) is 3.42. The molecule has 96 valence electrons. The lowest BCUT2D eigenvalue weighted by Gasteiger charge is -2.10. The third-order valence-corrected chi connectivity index (χ3v) is 4.22. The van der Waals surface area contributed by atoms with E-state index in [1.165, 1.54) is 11.1 Å². The van der Waals surface area contributed by atoms with Gasteiger partial charge in [-0.2, -0.15) is 0 Å². The van der Waals surface area contributed by atoms with E-state index < -0.39 is 0 Å². The van der Waals surface area contributed by atoms with Crippen molar-refractivity contribution in [2.45, 2.75) is 13.8 Å². The molecule has 2 heterocycles. The minimum atomic E-state index is 0.485. The molecule has 0 fully saturated rings. The van der Waals surface area contributed by atoms with Gasteiger partial charge < -0.3 is 5.32 Å². The van der Waals surface area contributed by atoms with Crippen molar-refractivity contribution >= 4 is 44.8 Å². The first-order chi connectivity index (χ1) is 9.15. The van der Waals surface area contributed by atoms with Crippen LogP contribution >= 0.6 is 22.9 Å². The van der Waals surface area contributed by atoms with Crippen LogP contribution in [0.2, 0.25) is 5.15 Å². The smallest absolute Gasteiger partial charge is 0.230 e. The van der Waals surface area contributed by atoms with Crippen molar-refractivity contribution in [2.24, 2.45) is 0 Å². The van der Waals surface area contributed by atoms with E-state index in [0.717, 1.165) is 15.9 Å². The Labute approximate surface area is 120 Å². The van der Waals surface area contributed by atoms with E-state index in [9.17, 15) is 0 Å². The summed E-state index contributed by atoms with van der Waals surface area (Å²) < 4.78 is 0. The number of hydrogen-bond acceptors (Lipinski definition) is 4. The molecule has 5 heteroatoms. The zero-order valence-electron chi connectivity index (χ0n) is 10.6. The molecule has 1 aromatic carbocycles. The maximum Gasteiger partial charge on any atom is 0.230 e. The summed E-state index contributed by atoms with van der Waals surface area (Å²) in [4.78, 5) is 9.66. The molecule has 3 aromatic rings. The first-order valence-corrected chi connectivity index (χ1v) is 7.15. The standard InChI is InChI=1S/C14H12ClN3S/c1-8-4-3-5-11(9(8)2)16-14-17-12(15)10-6-7-19-13(10)18-14/h3-7H,1-2H3,(H,16,17,18). The quantitative estimate of drug-likeness (QED) is 0.695. The van der Waals surface area contributed by atoms with E-state index in [0.29, 0.717) is 11.1 Å². The van der Waals surface area contributed by atoms with Crippen LogP contribution in [-0.2, 0) is 0 Å². The Hall–Kier alpha value is -1.65. The third-order valence-electron chi connectivity index (χ3n) is 3.13. The molecule has 0 aliphatic carbocycles. The van der Waals surface area contributed by atoms with Gasteiger partial charge in [0.2, 0.25) is 5.95 Å². The largest absolute Gasteiger partial charge is 0.324 e. The van der Waals surface area contributed by atoms with Crippen LogP contribution in [0.15, 0.2) is 29.6 Å². The van der Waals surface area contributed by atoms with Gasteiger partial charge in [-0.25, -0.2) is 9.97 Å². The van der Waals surface area contributed by atoms with Crippen LogP contribution in [0.4, 0.5) is 11.6 Å². The molecule has 0 radical (unpaired) electrons. The molecule has 0 aliphatic heterocycles. The number of hydrogen-bond donors (Lipinski definition) is 1. The number of thiophene rings is 1. The van der Waals surface area contributed by atoms with Crippen molar-refractivity contribution in [1.29, 1.82) is 0 Å². The Morgan fingerprint density at radius 1 is 1.16 bits per heavy atom. The van der Waals surface area contributed by atoms with E-state index in [1.807, 2.05) is 23.6 Å². The van der Waals surface area contributed by atoms with Gasteiger partial charge in [0, 0.05) is 11.1 Å².